The number of Topliss-reactive ketones (excluding diaryl/α,β-unsaturated/α-hetero) is 1. The van der Waals surface area contributed by atoms with Gasteiger partial charge >= 0.3 is 0 Å². The third kappa shape index (κ3) is 2.34. The van der Waals surface area contributed by atoms with Gasteiger partial charge in [-0.1, -0.05) is 6.92 Å². The number of aryl methyl sites for hydroxylation is 2. The minimum atomic E-state index is 0.0469. The van der Waals surface area contributed by atoms with Gasteiger partial charge in [0.2, 0.25) is 0 Å². The number of hydrogen-bond donors (Lipinski definition) is 0. The number of carbonyl (C=O) groups excluding carboxylic acids is 1. The van der Waals surface area contributed by atoms with Crippen LogP contribution in [0.5, 0.6) is 0 Å². The van der Waals surface area contributed by atoms with E-state index >= 15 is 0 Å². The summed E-state index contributed by atoms with van der Waals surface area (Å²) in [6.45, 7) is 3.82. The predicted molar refractivity (Wildman–Crippen MR) is 77.3 cm³/mol. The molecule has 5 nitrogen and oxygen atoms in total. The lowest BCUT2D eigenvalue weighted by molar-refractivity contribution is 0.0990. The van der Waals surface area contributed by atoms with Crippen molar-refractivity contribution < 1.29 is 4.79 Å². The zero-order valence-electron chi connectivity index (χ0n) is 11.3. The largest absolute Gasteiger partial charge is 0.297 e. The van der Waals surface area contributed by atoms with Crippen molar-refractivity contribution in [1.82, 2.24) is 19.6 Å². The summed E-state index contributed by atoms with van der Waals surface area (Å²) in [4.78, 5) is 17.8. The SMILES string of the molecule is CCc1nnc(C)cc1C(=O)Cc1cn2ccsc2n1. The van der Waals surface area contributed by atoms with Crippen molar-refractivity contribution in [2.24, 2.45) is 0 Å². The summed E-state index contributed by atoms with van der Waals surface area (Å²) in [7, 11) is 0. The second-order valence-electron chi connectivity index (χ2n) is 4.62. The molecule has 0 fully saturated rings. The normalized spacial score (nSPS) is 11.1. The van der Waals surface area contributed by atoms with E-state index in [1.54, 1.807) is 11.3 Å². The fourth-order valence-corrected chi connectivity index (χ4v) is 2.86. The van der Waals surface area contributed by atoms with Gasteiger partial charge in [0.25, 0.3) is 0 Å². The van der Waals surface area contributed by atoms with Crippen LogP contribution in [0.15, 0.2) is 23.8 Å². The lowest BCUT2D eigenvalue weighted by Gasteiger charge is -2.05. The summed E-state index contributed by atoms with van der Waals surface area (Å²) in [6.07, 6.45) is 4.84. The van der Waals surface area contributed by atoms with Crippen molar-refractivity contribution in [3.8, 4) is 0 Å². The Kier molecular flexibility index (Phi) is 3.31. The molecule has 0 spiro atoms. The van der Waals surface area contributed by atoms with Crippen LogP contribution in [0.3, 0.4) is 0 Å². The molecule has 0 saturated carbocycles. The molecule has 6 heteroatoms. The molecular formula is C14H14N4OS. The van der Waals surface area contributed by atoms with E-state index in [-0.39, 0.29) is 5.78 Å². The van der Waals surface area contributed by atoms with Crippen LogP contribution in [0.2, 0.25) is 0 Å². The maximum Gasteiger partial charge on any atom is 0.193 e. The van der Waals surface area contributed by atoms with Crippen molar-refractivity contribution >= 4 is 22.1 Å². The number of thiazole rings is 1. The Morgan fingerprint density at radius 3 is 3.00 bits per heavy atom. The second kappa shape index (κ2) is 5.13. The molecule has 0 aliphatic carbocycles. The molecule has 3 rings (SSSR count). The van der Waals surface area contributed by atoms with Crippen molar-refractivity contribution in [2.45, 2.75) is 26.7 Å². The Morgan fingerprint density at radius 1 is 1.40 bits per heavy atom. The minimum absolute atomic E-state index is 0.0469. The number of rotatable bonds is 4. The number of aromatic nitrogens is 4. The van der Waals surface area contributed by atoms with Gasteiger partial charge in [0.15, 0.2) is 10.7 Å². The monoisotopic (exact) mass is 286 g/mol. The topological polar surface area (TPSA) is 60.2 Å². The first-order valence-electron chi connectivity index (χ1n) is 6.45. The quantitative estimate of drug-likeness (QED) is 0.691. The summed E-state index contributed by atoms with van der Waals surface area (Å²) in [5.74, 6) is 0.0469. The predicted octanol–water partition coefficient (Wildman–Crippen LogP) is 2.48. The highest BCUT2D eigenvalue weighted by Crippen LogP contribution is 2.15. The van der Waals surface area contributed by atoms with Gasteiger partial charge in [0, 0.05) is 23.3 Å². The second-order valence-corrected chi connectivity index (χ2v) is 5.50. The lowest BCUT2D eigenvalue weighted by atomic mass is 10.0. The summed E-state index contributed by atoms with van der Waals surface area (Å²) in [5.41, 5.74) is 2.97. The highest BCUT2D eigenvalue weighted by Gasteiger charge is 2.15. The number of imidazole rings is 1. The van der Waals surface area contributed by atoms with Crippen LogP contribution in [0, 0.1) is 6.92 Å². The van der Waals surface area contributed by atoms with Crippen molar-refractivity contribution in [1.29, 1.82) is 0 Å². The molecule has 0 atom stereocenters. The molecule has 0 amide bonds. The fourth-order valence-electron chi connectivity index (χ4n) is 2.14. The van der Waals surface area contributed by atoms with E-state index in [2.05, 4.69) is 15.2 Å². The Balaban J connectivity index is 1.89. The van der Waals surface area contributed by atoms with Crippen LogP contribution in [0.4, 0.5) is 0 Å². The number of fused-ring (bicyclic) bond motifs is 1. The zero-order valence-corrected chi connectivity index (χ0v) is 12.1. The molecule has 0 radical (unpaired) electrons. The first kappa shape index (κ1) is 12.9. The summed E-state index contributed by atoms with van der Waals surface area (Å²) in [6, 6.07) is 1.81. The zero-order chi connectivity index (χ0) is 14.1. The van der Waals surface area contributed by atoms with Crippen molar-refractivity contribution in [3.63, 3.8) is 0 Å². The van der Waals surface area contributed by atoms with Gasteiger partial charge in [-0.2, -0.15) is 10.2 Å². The van der Waals surface area contributed by atoms with Gasteiger partial charge in [0.1, 0.15) is 0 Å². The average Bonchev–Trinajstić information content (AvgIpc) is 2.99. The number of nitrogens with zero attached hydrogens (tertiary/aromatic N) is 4. The van der Waals surface area contributed by atoms with Crippen LogP contribution in [0.1, 0.15) is 34.4 Å². The average molecular weight is 286 g/mol. The van der Waals surface area contributed by atoms with Gasteiger partial charge < -0.3 is 0 Å². The Bertz CT molecular complexity index is 746. The molecule has 102 valence electrons. The van der Waals surface area contributed by atoms with E-state index in [0.29, 0.717) is 18.4 Å². The molecular weight excluding hydrogens is 272 g/mol. The number of carbonyl (C=O) groups is 1. The standard InChI is InChI=1S/C14H14N4OS/c1-3-12-11(6-9(2)16-17-12)13(19)7-10-8-18-4-5-20-14(18)15-10/h4-6,8H,3,7H2,1-2H3. The van der Waals surface area contributed by atoms with Crippen molar-refractivity contribution in [3.05, 3.63) is 46.5 Å². The molecule has 3 aromatic heterocycles. The summed E-state index contributed by atoms with van der Waals surface area (Å²) < 4.78 is 1.93. The highest BCUT2D eigenvalue weighted by atomic mass is 32.1. The van der Waals surface area contributed by atoms with Gasteiger partial charge in [0.05, 0.1) is 23.5 Å². The van der Waals surface area contributed by atoms with E-state index in [4.69, 9.17) is 0 Å². The molecule has 0 aromatic carbocycles. The van der Waals surface area contributed by atoms with E-state index in [0.717, 1.165) is 22.0 Å². The highest BCUT2D eigenvalue weighted by molar-refractivity contribution is 7.15. The molecule has 0 unspecified atom stereocenters. The van der Waals surface area contributed by atoms with Crippen LogP contribution in [-0.2, 0) is 12.8 Å². The molecule has 0 bridgehead atoms. The lowest BCUT2D eigenvalue weighted by Crippen LogP contribution is -2.10. The number of hydrogen-bond acceptors (Lipinski definition) is 5. The molecule has 0 N–H and O–H groups in total. The maximum absolute atomic E-state index is 12.4. The van der Waals surface area contributed by atoms with Gasteiger partial charge in [-0.15, -0.1) is 11.3 Å². The molecule has 0 aliphatic heterocycles. The first-order valence-corrected chi connectivity index (χ1v) is 7.33. The van der Waals surface area contributed by atoms with Gasteiger partial charge in [-0.05, 0) is 19.4 Å². The van der Waals surface area contributed by atoms with Crippen LogP contribution < -0.4 is 0 Å². The Labute approximate surface area is 120 Å². The summed E-state index contributed by atoms with van der Waals surface area (Å²) in [5, 5.41) is 10.1. The van der Waals surface area contributed by atoms with E-state index in [9.17, 15) is 4.79 Å². The molecule has 0 saturated heterocycles. The molecule has 3 heterocycles. The van der Waals surface area contributed by atoms with E-state index in [1.165, 1.54) is 0 Å². The first-order chi connectivity index (χ1) is 9.67. The maximum atomic E-state index is 12.4. The Hall–Kier alpha value is -2.08. The van der Waals surface area contributed by atoms with Gasteiger partial charge in [-0.25, -0.2) is 4.98 Å². The number of ketones is 1. The minimum Gasteiger partial charge on any atom is -0.297 e. The third-order valence-corrected chi connectivity index (χ3v) is 3.88. The van der Waals surface area contributed by atoms with Gasteiger partial charge in [-0.3, -0.25) is 9.20 Å². The Morgan fingerprint density at radius 2 is 2.25 bits per heavy atom. The molecule has 0 aliphatic rings. The molecule has 20 heavy (non-hydrogen) atoms. The van der Waals surface area contributed by atoms with Crippen molar-refractivity contribution in [2.75, 3.05) is 0 Å². The smallest absolute Gasteiger partial charge is 0.193 e. The van der Waals surface area contributed by atoms with Crippen LogP contribution in [0.25, 0.3) is 4.96 Å². The fraction of sp³-hybridized carbons (Fsp3) is 0.286. The molecule has 3 aromatic rings. The third-order valence-electron chi connectivity index (χ3n) is 3.11. The van der Waals surface area contributed by atoms with E-state index < -0.39 is 0 Å². The van der Waals surface area contributed by atoms with Crippen LogP contribution >= 0.6 is 11.3 Å². The van der Waals surface area contributed by atoms with E-state index in [1.807, 2.05) is 42.1 Å². The van der Waals surface area contributed by atoms with Crippen LogP contribution in [-0.4, -0.2) is 25.4 Å². The summed E-state index contributed by atoms with van der Waals surface area (Å²) >= 11 is 1.56.